The number of hydrogen-bond acceptors (Lipinski definition) is 6. The van der Waals surface area contributed by atoms with Gasteiger partial charge in [0, 0.05) is 16.5 Å². The molecular formula is C23H22N2O5. The highest BCUT2D eigenvalue weighted by molar-refractivity contribution is 5.91. The van der Waals surface area contributed by atoms with Gasteiger partial charge in [-0.25, -0.2) is 9.78 Å². The van der Waals surface area contributed by atoms with Crippen LogP contribution in [0.25, 0.3) is 22.3 Å². The molecule has 0 fully saturated rings. The van der Waals surface area contributed by atoms with Crippen LogP contribution in [0.1, 0.15) is 42.5 Å². The molecule has 1 aromatic carbocycles. The number of carbonyl (C=O) groups is 1. The van der Waals surface area contributed by atoms with Crippen LogP contribution in [0.3, 0.4) is 0 Å². The van der Waals surface area contributed by atoms with Crippen molar-refractivity contribution in [3.8, 4) is 17.1 Å². The Bertz CT molecular complexity index is 1290. The molecule has 0 saturated carbocycles. The second-order valence-corrected chi connectivity index (χ2v) is 7.81. The van der Waals surface area contributed by atoms with E-state index in [4.69, 9.17) is 14.5 Å². The zero-order valence-corrected chi connectivity index (χ0v) is 17.1. The van der Waals surface area contributed by atoms with Crippen molar-refractivity contribution in [2.24, 2.45) is 0 Å². The molecule has 30 heavy (non-hydrogen) atoms. The maximum atomic E-state index is 13.2. The van der Waals surface area contributed by atoms with Gasteiger partial charge in [0.2, 0.25) is 0 Å². The Balaban J connectivity index is 1.78. The summed E-state index contributed by atoms with van der Waals surface area (Å²) in [6, 6.07) is 7.65. The van der Waals surface area contributed by atoms with Gasteiger partial charge in [-0.1, -0.05) is 13.0 Å². The number of aliphatic hydroxyl groups is 1. The standard InChI is InChI=1S/C23H22N2O5/c1-4-23(28)16-9-17-20-13(10-25(17)21(26)15(16)11-30-22(23)27)8-14-18(29-5-2)7-6-12(3)19(14)24-20/h6-9,28H,4-5,10-11H2,1-3H3/t23-/m0/s1. The number of carbonyl (C=O) groups excluding carboxylic acids is 1. The second kappa shape index (κ2) is 6.40. The Morgan fingerprint density at radius 1 is 1.27 bits per heavy atom. The Kier molecular flexibility index (Phi) is 4.02. The molecule has 3 aromatic rings. The van der Waals surface area contributed by atoms with Crippen LogP contribution < -0.4 is 10.3 Å². The first kappa shape index (κ1) is 18.8. The topological polar surface area (TPSA) is 90.7 Å². The van der Waals surface area contributed by atoms with E-state index in [1.54, 1.807) is 17.6 Å². The molecule has 7 heteroatoms. The number of benzene rings is 1. The van der Waals surface area contributed by atoms with Crippen LogP contribution in [0, 0.1) is 6.92 Å². The van der Waals surface area contributed by atoms with Gasteiger partial charge < -0.3 is 19.1 Å². The van der Waals surface area contributed by atoms with Crippen LogP contribution in [-0.4, -0.2) is 27.2 Å². The van der Waals surface area contributed by atoms with E-state index >= 15 is 0 Å². The number of aryl methyl sites for hydroxylation is 1. The molecule has 2 aliphatic rings. The van der Waals surface area contributed by atoms with Crippen molar-refractivity contribution in [3.05, 3.63) is 56.9 Å². The van der Waals surface area contributed by atoms with Gasteiger partial charge in [0.1, 0.15) is 12.4 Å². The highest BCUT2D eigenvalue weighted by Gasteiger charge is 2.45. The number of aromatic nitrogens is 2. The van der Waals surface area contributed by atoms with E-state index in [9.17, 15) is 14.7 Å². The van der Waals surface area contributed by atoms with Crippen molar-refractivity contribution in [1.29, 1.82) is 0 Å². The van der Waals surface area contributed by atoms with Gasteiger partial charge in [0.25, 0.3) is 5.56 Å². The van der Waals surface area contributed by atoms with E-state index in [2.05, 4.69) is 0 Å². The summed E-state index contributed by atoms with van der Waals surface area (Å²) in [6.45, 7) is 6.40. The zero-order valence-electron chi connectivity index (χ0n) is 17.1. The van der Waals surface area contributed by atoms with Gasteiger partial charge in [0.15, 0.2) is 5.60 Å². The molecule has 2 aliphatic heterocycles. The average Bonchev–Trinajstić information content (AvgIpc) is 3.10. The van der Waals surface area contributed by atoms with Crippen LogP contribution in [0.15, 0.2) is 29.1 Å². The van der Waals surface area contributed by atoms with Crippen molar-refractivity contribution < 1.29 is 19.4 Å². The lowest BCUT2D eigenvalue weighted by Crippen LogP contribution is -2.44. The second-order valence-electron chi connectivity index (χ2n) is 7.81. The van der Waals surface area contributed by atoms with Gasteiger partial charge in [-0.05, 0) is 44.0 Å². The molecule has 5 rings (SSSR count). The molecule has 0 spiro atoms. The highest BCUT2D eigenvalue weighted by atomic mass is 16.6. The number of nitrogens with zero attached hydrogens (tertiary/aromatic N) is 2. The Hall–Kier alpha value is -3.19. The summed E-state index contributed by atoms with van der Waals surface area (Å²) >= 11 is 0. The highest BCUT2D eigenvalue weighted by Crippen LogP contribution is 2.40. The predicted molar refractivity (Wildman–Crippen MR) is 110 cm³/mol. The van der Waals surface area contributed by atoms with Gasteiger partial charge >= 0.3 is 5.97 Å². The summed E-state index contributed by atoms with van der Waals surface area (Å²) in [5.74, 6) is 0.0408. The summed E-state index contributed by atoms with van der Waals surface area (Å²) in [6.07, 6.45) is 0.122. The van der Waals surface area contributed by atoms with E-state index in [0.29, 0.717) is 35.7 Å². The first-order chi connectivity index (χ1) is 14.4. The molecule has 0 unspecified atom stereocenters. The molecule has 0 bridgehead atoms. The molecule has 1 atom stereocenters. The van der Waals surface area contributed by atoms with E-state index in [1.165, 1.54) is 0 Å². The lowest BCUT2D eigenvalue weighted by molar-refractivity contribution is -0.172. The molecule has 0 saturated heterocycles. The van der Waals surface area contributed by atoms with Crippen LogP contribution in [0.4, 0.5) is 0 Å². The van der Waals surface area contributed by atoms with Crippen molar-refractivity contribution in [2.45, 2.75) is 45.9 Å². The number of fused-ring (bicyclic) bond motifs is 5. The molecule has 4 heterocycles. The SMILES string of the molecule is CCOc1ccc(C)c2nc3c(cc12)Cn1c-3cc2c(c1=O)COC(=O)[C@]2(O)CC. The van der Waals surface area contributed by atoms with Gasteiger partial charge in [-0.15, -0.1) is 0 Å². The van der Waals surface area contributed by atoms with Crippen molar-refractivity contribution in [1.82, 2.24) is 9.55 Å². The fourth-order valence-corrected chi connectivity index (χ4v) is 4.46. The maximum Gasteiger partial charge on any atom is 0.343 e. The third-order valence-electron chi connectivity index (χ3n) is 6.14. The number of esters is 1. The monoisotopic (exact) mass is 406 g/mol. The fraction of sp³-hybridized carbons (Fsp3) is 0.348. The Morgan fingerprint density at radius 3 is 2.80 bits per heavy atom. The van der Waals surface area contributed by atoms with E-state index in [-0.39, 0.29) is 18.6 Å². The minimum Gasteiger partial charge on any atom is -0.493 e. The first-order valence-electron chi connectivity index (χ1n) is 10.1. The third kappa shape index (κ3) is 2.38. The smallest absolute Gasteiger partial charge is 0.343 e. The molecule has 0 amide bonds. The zero-order chi connectivity index (χ0) is 21.2. The number of rotatable bonds is 3. The van der Waals surface area contributed by atoms with E-state index < -0.39 is 11.6 Å². The molecular weight excluding hydrogens is 384 g/mol. The van der Waals surface area contributed by atoms with Crippen molar-refractivity contribution in [3.63, 3.8) is 0 Å². The van der Waals surface area contributed by atoms with Crippen LogP contribution in [-0.2, 0) is 28.3 Å². The largest absolute Gasteiger partial charge is 0.493 e. The quantitative estimate of drug-likeness (QED) is 0.526. The number of hydrogen-bond donors (Lipinski definition) is 1. The average molecular weight is 406 g/mol. The summed E-state index contributed by atoms with van der Waals surface area (Å²) in [5.41, 5.74) is 2.59. The Labute approximate surface area is 172 Å². The van der Waals surface area contributed by atoms with Crippen LogP contribution in [0.5, 0.6) is 5.75 Å². The molecule has 1 N–H and O–H groups in total. The van der Waals surface area contributed by atoms with E-state index in [1.807, 2.05) is 32.0 Å². The fourth-order valence-electron chi connectivity index (χ4n) is 4.46. The molecule has 2 aromatic heterocycles. The van der Waals surface area contributed by atoms with E-state index in [0.717, 1.165) is 27.8 Å². The van der Waals surface area contributed by atoms with Crippen molar-refractivity contribution >= 4 is 16.9 Å². The van der Waals surface area contributed by atoms with Gasteiger partial charge in [0.05, 0.1) is 35.6 Å². The normalized spacial score (nSPS) is 19.3. The summed E-state index contributed by atoms with van der Waals surface area (Å²) in [4.78, 5) is 30.4. The minimum absolute atomic E-state index is 0.122. The lowest BCUT2D eigenvalue weighted by atomic mass is 9.86. The molecule has 7 nitrogen and oxygen atoms in total. The summed E-state index contributed by atoms with van der Waals surface area (Å²) < 4.78 is 12.5. The number of ether oxygens (including phenoxy) is 2. The molecule has 0 radical (unpaired) electrons. The van der Waals surface area contributed by atoms with Gasteiger partial charge in [-0.3, -0.25) is 4.79 Å². The first-order valence-corrected chi connectivity index (χ1v) is 10.1. The lowest BCUT2D eigenvalue weighted by Gasteiger charge is -2.31. The van der Waals surface area contributed by atoms with Gasteiger partial charge in [-0.2, -0.15) is 0 Å². The number of cyclic esters (lactones) is 1. The maximum absolute atomic E-state index is 13.2. The molecule has 0 aliphatic carbocycles. The predicted octanol–water partition coefficient (Wildman–Crippen LogP) is 2.79. The van der Waals surface area contributed by atoms with Crippen LogP contribution in [0.2, 0.25) is 0 Å². The third-order valence-corrected chi connectivity index (χ3v) is 6.14. The number of pyridine rings is 2. The summed E-state index contributed by atoms with van der Waals surface area (Å²) in [5, 5.41) is 11.9. The van der Waals surface area contributed by atoms with Crippen molar-refractivity contribution in [2.75, 3.05) is 6.61 Å². The summed E-state index contributed by atoms with van der Waals surface area (Å²) in [7, 11) is 0. The van der Waals surface area contributed by atoms with Crippen LogP contribution >= 0.6 is 0 Å². The molecule has 154 valence electrons. The Morgan fingerprint density at radius 2 is 2.07 bits per heavy atom. The minimum atomic E-state index is -1.82.